The van der Waals surface area contributed by atoms with Crippen LogP contribution in [-0.2, 0) is 0 Å². The van der Waals surface area contributed by atoms with Crippen molar-refractivity contribution in [2.75, 3.05) is 12.8 Å². The third kappa shape index (κ3) is 2.50. The summed E-state index contributed by atoms with van der Waals surface area (Å²) in [5.74, 6) is 2.39. The van der Waals surface area contributed by atoms with Crippen LogP contribution in [0.2, 0.25) is 0 Å². The second-order valence-corrected chi connectivity index (χ2v) is 5.02. The van der Waals surface area contributed by atoms with Gasteiger partial charge in [-0.3, -0.25) is 0 Å². The molecule has 1 aromatic carbocycles. The fourth-order valence-corrected chi connectivity index (χ4v) is 2.54. The molecule has 2 rings (SSSR count). The molecule has 0 aliphatic carbocycles. The molecule has 0 saturated heterocycles. The fraction of sp³-hybridized carbons (Fsp3) is 0.438. The highest BCUT2D eigenvalue weighted by Crippen LogP contribution is 2.41. The molecule has 0 spiro atoms. The van der Waals surface area contributed by atoms with Gasteiger partial charge in [-0.2, -0.15) is 0 Å². The molecule has 2 aromatic rings. The van der Waals surface area contributed by atoms with E-state index in [2.05, 4.69) is 25.1 Å². The number of aryl methyl sites for hydroxylation is 1. The minimum absolute atomic E-state index is 0.319. The van der Waals surface area contributed by atoms with Gasteiger partial charge in [0.15, 0.2) is 5.82 Å². The van der Waals surface area contributed by atoms with Gasteiger partial charge in [-0.1, -0.05) is 30.6 Å². The van der Waals surface area contributed by atoms with Gasteiger partial charge in [0.05, 0.1) is 12.7 Å². The van der Waals surface area contributed by atoms with Gasteiger partial charge in [0, 0.05) is 11.5 Å². The Hall–Kier alpha value is -1.97. The number of methoxy groups -OCH3 is 1. The first kappa shape index (κ1) is 14.4. The lowest BCUT2D eigenvalue weighted by molar-refractivity contribution is 0.355. The highest BCUT2D eigenvalue weighted by atomic mass is 16.5. The first-order chi connectivity index (χ1) is 9.62. The molecule has 0 fully saturated rings. The average Bonchev–Trinajstić information content (AvgIpc) is 2.82. The van der Waals surface area contributed by atoms with E-state index in [1.54, 1.807) is 7.11 Å². The maximum atomic E-state index is 6.03. The molecule has 2 N–H and O–H groups in total. The summed E-state index contributed by atoms with van der Waals surface area (Å²) in [5.41, 5.74) is 9.01. The Morgan fingerprint density at radius 1 is 1.30 bits per heavy atom. The van der Waals surface area contributed by atoms with Crippen molar-refractivity contribution >= 4 is 5.82 Å². The van der Waals surface area contributed by atoms with Crippen LogP contribution in [0.15, 0.2) is 22.7 Å². The first-order valence-electron chi connectivity index (χ1n) is 7.02. The van der Waals surface area contributed by atoms with Crippen LogP contribution >= 0.6 is 0 Å². The van der Waals surface area contributed by atoms with Crippen molar-refractivity contribution in [1.29, 1.82) is 0 Å². The van der Waals surface area contributed by atoms with Crippen LogP contribution in [0.3, 0.4) is 0 Å². The molecule has 20 heavy (non-hydrogen) atoms. The summed E-state index contributed by atoms with van der Waals surface area (Å²) < 4.78 is 11.0. The highest BCUT2D eigenvalue weighted by molar-refractivity contribution is 5.80. The van der Waals surface area contributed by atoms with Crippen LogP contribution in [0, 0.1) is 6.92 Å². The molecule has 0 aliphatic rings. The summed E-state index contributed by atoms with van der Waals surface area (Å²) in [6.07, 6.45) is 1.98. The highest BCUT2D eigenvalue weighted by Gasteiger charge is 2.24. The standard InChI is InChI=1S/C16H22N2O2/c1-5-11(6-2)15-14(16(17)18-20-15)12-9-10(3)7-8-13(12)19-4/h7-9,11H,5-6H2,1-4H3,(H2,17,18). The SMILES string of the molecule is CCC(CC)c1onc(N)c1-c1cc(C)ccc1OC. The maximum absolute atomic E-state index is 6.03. The van der Waals surface area contributed by atoms with Crippen LogP contribution in [0.25, 0.3) is 11.1 Å². The molecule has 0 unspecified atom stereocenters. The van der Waals surface area contributed by atoms with Gasteiger partial charge in [0.25, 0.3) is 0 Å². The summed E-state index contributed by atoms with van der Waals surface area (Å²) in [7, 11) is 1.66. The number of rotatable bonds is 5. The molecular weight excluding hydrogens is 252 g/mol. The number of aromatic nitrogens is 1. The van der Waals surface area contributed by atoms with Crippen molar-refractivity contribution in [3.05, 3.63) is 29.5 Å². The third-order valence-corrected chi connectivity index (χ3v) is 3.73. The first-order valence-corrected chi connectivity index (χ1v) is 7.02. The van der Waals surface area contributed by atoms with Gasteiger partial charge >= 0.3 is 0 Å². The average molecular weight is 274 g/mol. The van der Waals surface area contributed by atoms with Crippen molar-refractivity contribution < 1.29 is 9.26 Å². The van der Waals surface area contributed by atoms with E-state index >= 15 is 0 Å². The third-order valence-electron chi connectivity index (χ3n) is 3.73. The second kappa shape index (κ2) is 5.99. The van der Waals surface area contributed by atoms with Crippen LogP contribution in [-0.4, -0.2) is 12.3 Å². The Bertz CT molecular complexity index is 586. The second-order valence-electron chi connectivity index (χ2n) is 5.02. The normalized spacial score (nSPS) is 11.1. The van der Waals surface area contributed by atoms with E-state index in [4.69, 9.17) is 15.0 Å². The molecular formula is C16H22N2O2. The number of ether oxygens (including phenoxy) is 1. The van der Waals surface area contributed by atoms with Crippen LogP contribution in [0.5, 0.6) is 5.75 Å². The lowest BCUT2D eigenvalue weighted by Gasteiger charge is -2.13. The smallest absolute Gasteiger partial charge is 0.175 e. The minimum atomic E-state index is 0.319. The fourth-order valence-electron chi connectivity index (χ4n) is 2.54. The number of benzene rings is 1. The summed E-state index contributed by atoms with van der Waals surface area (Å²) in [6, 6.07) is 6.03. The number of hydrogen-bond donors (Lipinski definition) is 1. The summed E-state index contributed by atoms with van der Waals surface area (Å²) >= 11 is 0. The van der Waals surface area contributed by atoms with Gasteiger partial charge in [-0.25, -0.2) is 0 Å². The van der Waals surface area contributed by atoms with Gasteiger partial charge in [0.2, 0.25) is 0 Å². The van der Waals surface area contributed by atoms with E-state index in [0.717, 1.165) is 41.0 Å². The molecule has 0 atom stereocenters. The monoisotopic (exact) mass is 274 g/mol. The molecule has 1 aromatic heterocycles. The molecule has 0 radical (unpaired) electrons. The molecule has 0 bridgehead atoms. The van der Waals surface area contributed by atoms with E-state index in [1.807, 2.05) is 19.1 Å². The Morgan fingerprint density at radius 3 is 2.60 bits per heavy atom. The Labute approximate surface area is 119 Å². The van der Waals surface area contributed by atoms with Crippen LogP contribution in [0.4, 0.5) is 5.82 Å². The number of hydrogen-bond acceptors (Lipinski definition) is 4. The molecule has 1 heterocycles. The van der Waals surface area contributed by atoms with Crippen LogP contribution < -0.4 is 10.5 Å². The number of anilines is 1. The summed E-state index contributed by atoms with van der Waals surface area (Å²) in [5, 5.41) is 3.96. The zero-order valence-corrected chi connectivity index (χ0v) is 12.6. The van der Waals surface area contributed by atoms with E-state index in [1.165, 1.54) is 0 Å². The molecule has 108 valence electrons. The zero-order valence-electron chi connectivity index (χ0n) is 12.6. The summed E-state index contributed by atoms with van der Waals surface area (Å²) in [4.78, 5) is 0. The van der Waals surface area contributed by atoms with E-state index in [9.17, 15) is 0 Å². The Morgan fingerprint density at radius 2 is 2.00 bits per heavy atom. The number of nitrogens with two attached hydrogens (primary N) is 1. The van der Waals surface area contributed by atoms with Crippen molar-refractivity contribution in [2.24, 2.45) is 0 Å². The predicted molar refractivity (Wildman–Crippen MR) is 81.0 cm³/mol. The molecule has 4 nitrogen and oxygen atoms in total. The van der Waals surface area contributed by atoms with Crippen molar-refractivity contribution in [1.82, 2.24) is 5.16 Å². The summed E-state index contributed by atoms with van der Waals surface area (Å²) in [6.45, 7) is 6.33. The lowest BCUT2D eigenvalue weighted by atomic mass is 9.93. The zero-order chi connectivity index (χ0) is 14.7. The molecule has 0 saturated carbocycles. The number of nitrogen functional groups attached to an aromatic ring is 1. The topological polar surface area (TPSA) is 61.3 Å². The van der Waals surface area contributed by atoms with Gasteiger partial charge in [-0.05, 0) is 31.9 Å². The maximum Gasteiger partial charge on any atom is 0.175 e. The molecule has 0 amide bonds. The van der Waals surface area contributed by atoms with Crippen molar-refractivity contribution in [2.45, 2.75) is 39.5 Å². The van der Waals surface area contributed by atoms with Gasteiger partial charge < -0.3 is 15.0 Å². The van der Waals surface area contributed by atoms with Crippen LogP contribution in [0.1, 0.15) is 43.9 Å². The molecule has 0 aliphatic heterocycles. The van der Waals surface area contributed by atoms with Gasteiger partial charge in [-0.15, -0.1) is 0 Å². The van der Waals surface area contributed by atoms with E-state index < -0.39 is 0 Å². The van der Waals surface area contributed by atoms with Gasteiger partial charge in [0.1, 0.15) is 11.5 Å². The Kier molecular flexibility index (Phi) is 4.32. The van der Waals surface area contributed by atoms with E-state index in [0.29, 0.717) is 11.7 Å². The minimum Gasteiger partial charge on any atom is -0.496 e. The largest absolute Gasteiger partial charge is 0.496 e. The number of nitrogens with zero attached hydrogens (tertiary/aromatic N) is 1. The van der Waals surface area contributed by atoms with E-state index in [-0.39, 0.29) is 0 Å². The predicted octanol–water partition coefficient (Wildman–Crippen LogP) is 4.14. The van der Waals surface area contributed by atoms with Crippen molar-refractivity contribution in [3.63, 3.8) is 0 Å². The Balaban J connectivity index is 2.63. The lowest BCUT2D eigenvalue weighted by Crippen LogP contribution is -1.99. The van der Waals surface area contributed by atoms with Crippen molar-refractivity contribution in [3.8, 4) is 16.9 Å². The quantitative estimate of drug-likeness (QED) is 0.890. The molecule has 4 heteroatoms.